The van der Waals surface area contributed by atoms with Gasteiger partial charge in [0, 0.05) is 17.7 Å². The fourth-order valence-corrected chi connectivity index (χ4v) is 2.75. The normalized spacial score (nSPS) is 10.8. The van der Waals surface area contributed by atoms with Crippen LogP contribution in [-0.2, 0) is 6.54 Å². The zero-order valence-corrected chi connectivity index (χ0v) is 14.1. The Morgan fingerprint density at radius 1 is 1.04 bits per heavy atom. The Morgan fingerprint density at radius 2 is 1.77 bits per heavy atom. The van der Waals surface area contributed by atoms with Gasteiger partial charge in [-0.3, -0.25) is 9.78 Å². The van der Waals surface area contributed by atoms with Gasteiger partial charge < -0.3 is 9.84 Å². The number of aryl methyl sites for hydroxylation is 1. The van der Waals surface area contributed by atoms with Crippen LogP contribution in [0.25, 0.3) is 22.3 Å². The molecule has 0 radical (unpaired) electrons. The quantitative estimate of drug-likeness (QED) is 0.612. The molecule has 128 valence electrons. The third-order valence-corrected chi connectivity index (χ3v) is 4.14. The van der Waals surface area contributed by atoms with E-state index in [9.17, 15) is 4.79 Å². The Labute approximate surface area is 149 Å². The summed E-state index contributed by atoms with van der Waals surface area (Å²) in [6, 6.07) is 17.2. The van der Waals surface area contributed by atoms with Gasteiger partial charge in [-0.2, -0.15) is 0 Å². The van der Waals surface area contributed by atoms with E-state index in [-0.39, 0.29) is 11.6 Å². The van der Waals surface area contributed by atoms with Crippen molar-refractivity contribution in [2.24, 2.45) is 0 Å². The first kappa shape index (κ1) is 16.0. The highest BCUT2D eigenvalue weighted by Gasteiger charge is 2.16. The molecule has 0 aliphatic carbocycles. The molecule has 0 saturated carbocycles. The molecule has 2 heterocycles. The number of hydrogen-bond acceptors (Lipinski definition) is 5. The molecule has 0 spiro atoms. The summed E-state index contributed by atoms with van der Waals surface area (Å²) in [7, 11) is 0. The highest BCUT2D eigenvalue weighted by atomic mass is 16.5. The minimum absolute atomic E-state index is 0.277. The number of carbonyl (C=O) groups excluding carboxylic acids is 1. The van der Waals surface area contributed by atoms with E-state index in [1.165, 1.54) is 6.20 Å². The van der Waals surface area contributed by atoms with Gasteiger partial charge in [0.15, 0.2) is 0 Å². The number of rotatable bonds is 4. The van der Waals surface area contributed by atoms with Gasteiger partial charge in [0.2, 0.25) is 0 Å². The van der Waals surface area contributed by atoms with Gasteiger partial charge >= 0.3 is 0 Å². The molecule has 6 nitrogen and oxygen atoms in total. The minimum atomic E-state index is -0.289. The fourth-order valence-electron chi connectivity index (χ4n) is 2.75. The van der Waals surface area contributed by atoms with E-state index in [1.54, 1.807) is 0 Å². The van der Waals surface area contributed by atoms with Crippen molar-refractivity contribution in [2.45, 2.75) is 13.5 Å². The highest BCUT2D eigenvalue weighted by molar-refractivity contribution is 5.93. The topological polar surface area (TPSA) is 80.9 Å². The first-order valence-corrected chi connectivity index (χ1v) is 8.23. The van der Waals surface area contributed by atoms with Crippen LogP contribution in [0.3, 0.4) is 0 Å². The number of nitrogens with one attached hydrogen (secondary N) is 1. The summed E-state index contributed by atoms with van der Waals surface area (Å²) in [5.41, 5.74) is 4.24. The summed E-state index contributed by atoms with van der Waals surface area (Å²) >= 11 is 0. The molecular formula is C20H16N4O2. The summed E-state index contributed by atoms with van der Waals surface area (Å²) in [5, 5.41) is 7.00. The van der Waals surface area contributed by atoms with E-state index in [4.69, 9.17) is 4.52 Å². The second kappa shape index (κ2) is 6.76. The fraction of sp³-hybridized carbons (Fsp3) is 0.100. The van der Waals surface area contributed by atoms with Crippen molar-refractivity contribution in [1.29, 1.82) is 0 Å². The lowest BCUT2D eigenvalue weighted by molar-refractivity contribution is 0.0946. The number of para-hydroxylation sites is 2. The maximum atomic E-state index is 12.5. The number of amides is 1. The van der Waals surface area contributed by atoms with Crippen molar-refractivity contribution in [3.63, 3.8) is 0 Å². The maximum Gasteiger partial charge on any atom is 0.271 e. The Morgan fingerprint density at radius 3 is 2.58 bits per heavy atom. The smallest absolute Gasteiger partial charge is 0.271 e. The number of benzene rings is 2. The molecular weight excluding hydrogens is 328 g/mol. The monoisotopic (exact) mass is 344 g/mol. The van der Waals surface area contributed by atoms with Gasteiger partial charge in [-0.25, -0.2) is 4.98 Å². The molecule has 0 aliphatic rings. The Bertz CT molecular complexity index is 1070. The summed E-state index contributed by atoms with van der Waals surface area (Å²) < 4.78 is 5.32. The molecule has 1 N–H and O–H groups in total. The SMILES string of the molecule is Cc1onc(-c2ccccc2)c1CNC(=O)c1cnc2ccccc2n1. The van der Waals surface area contributed by atoms with Crippen molar-refractivity contribution in [3.8, 4) is 11.3 Å². The maximum absolute atomic E-state index is 12.5. The van der Waals surface area contributed by atoms with Crippen LogP contribution in [0.5, 0.6) is 0 Å². The third-order valence-electron chi connectivity index (χ3n) is 4.14. The predicted octanol–water partition coefficient (Wildman–Crippen LogP) is 3.52. The van der Waals surface area contributed by atoms with Crippen LogP contribution >= 0.6 is 0 Å². The molecule has 0 bridgehead atoms. The van der Waals surface area contributed by atoms with E-state index in [2.05, 4.69) is 20.4 Å². The van der Waals surface area contributed by atoms with E-state index in [0.29, 0.717) is 17.8 Å². The van der Waals surface area contributed by atoms with Crippen molar-refractivity contribution >= 4 is 16.9 Å². The second-order valence-electron chi connectivity index (χ2n) is 5.86. The molecule has 4 aromatic rings. The van der Waals surface area contributed by atoms with Crippen molar-refractivity contribution in [3.05, 3.63) is 77.8 Å². The predicted molar refractivity (Wildman–Crippen MR) is 97.4 cm³/mol. The number of fused-ring (bicyclic) bond motifs is 1. The van der Waals surface area contributed by atoms with E-state index >= 15 is 0 Å². The highest BCUT2D eigenvalue weighted by Crippen LogP contribution is 2.24. The zero-order valence-electron chi connectivity index (χ0n) is 14.1. The van der Waals surface area contributed by atoms with Crippen LogP contribution < -0.4 is 5.32 Å². The van der Waals surface area contributed by atoms with Crippen LogP contribution in [0.15, 0.2) is 65.3 Å². The number of aromatic nitrogens is 3. The van der Waals surface area contributed by atoms with Gasteiger partial charge in [0.1, 0.15) is 17.1 Å². The van der Waals surface area contributed by atoms with Crippen LogP contribution in [0.1, 0.15) is 21.8 Å². The molecule has 1 amide bonds. The Balaban J connectivity index is 1.55. The first-order valence-electron chi connectivity index (χ1n) is 8.23. The third kappa shape index (κ3) is 3.04. The number of hydrogen-bond donors (Lipinski definition) is 1. The lowest BCUT2D eigenvalue weighted by Crippen LogP contribution is -2.24. The number of nitrogens with zero attached hydrogens (tertiary/aromatic N) is 3. The Kier molecular flexibility index (Phi) is 4.15. The summed E-state index contributed by atoms with van der Waals surface area (Å²) in [5.74, 6) is 0.386. The average Bonchev–Trinajstić information content (AvgIpc) is 3.07. The van der Waals surface area contributed by atoms with Crippen molar-refractivity contribution in [1.82, 2.24) is 20.4 Å². The molecule has 4 rings (SSSR count). The molecule has 0 unspecified atom stereocenters. The molecule has 26 heavy (non-hydrogen) atoms. The van der Waals surface area contributed by atoms with Crippen LogP contribution in [-0.4, -0.2) is 21.0 Å². The van der Waals surface area contributed by atoms with Gasteiger partial charge in [-0.05, 0) is 19.1 Å². The van der Waals surface area contributed by atoms with E-state index in [0.717, 1.165) is 22.3 Å². The summed E-state index contributed by atoms with van der Waals surface area (Å²) in [6.07, 6.45) is 1.48. The van der Waals surface area contributed by atoms with Gasteiger partial charge in [-0.1, -0.05) is 47.6 Å². The van der Waals surface area contributed by atoms with E-state index in [1.807, 2.05) is 61.5 Å². The van der Waals surface area contributed by atoms with Crippen LogP contribution in [0, 0.1) is 6.92 Å². The van der Waals surface area contributed by atoms with Gasteiger partial charge in [0.05, 0.1) is 17.2 Å². The number of carbonyl (C=O) groups is 1. The van der Waals surface area contributed by atoms with Gasteiger partial charge in [-0.15, -0.1) is 0 Å². The molecule has 0 aliphatic heterocycles. The lowest BCUT2D eigenvalue weighted by atomic mass is 10.1. The molecule has 0 fully saturated rings. The van der Waals surface area contributed by atoms with E-state index < -0.39 is 0 Å². The summed E-state index contributed by atoms with van der Waals surface area (Å²) in [4.78, 5) is 21.1. The molecule has 0 saturated heterocycles. The van der Waals surface area contributed by atoms with Crippen molar-refractivity contribution in [2.75, 3.05) is 0 Å². The van der Waals surface area contributed by atoms with Crippen LogP contribution in [0.2, 0.25) is 0 Å². The standard InChI is InChI=1S/C20H16N4O2/c1-13-15(19(24-26-13)14-7-3-2-4-8-14)11-22-20(25)18-12-21-16-9-5-6-10-17(16)23-18/h2-10,12H,11H2,1H3,(H,22,25). The average molecular weight is 344 g/mol. The van der Waals surface area contributed by atoms with Crippen LogP contribution in [0.4, 0.5) is 0 Å². The first-order chi connectivity index (χ1) is 12.7. The lowest BCUT2D eigenvalue weighted by Gasteiger charge is -2.06. The molecule has 2 aromatic heterocycles. The largest absolute Gasteiger partial charge is 0.361 e. The Hall–Kier alpha value is -3.54. The second-order valence-corrected chi connectivity index (χ2v) is 5.86. The molecule has 6 heteroatoms. The minimum Gasteiger partial charge on any atom is -0.361 e. The molecule has 2 aromatic carbocycles. The van der Waals surface area contributed by atoms with Gasteiger partial charge in [0.25, 0.3) is 5.91 Å². The molecule has 0 atom stereocenters. The summed E-state index contributed by atoms with van der Waals surface area (Å²) in [6.45, 7) is 2.13. The van der Waals surface area contributed by atoms with Crippen molar-refractivity contribution < 1.29 is 9.32 Å². The zero-order chi connectivity index (χ0) is 17.9.